The lowest BCUT2D eigenvalue weighted by Crippen LogP contribution is -2.27. The van der Waals surface area contributed by atoms with E-state index in [0.717, 1.165) is 16.8 Å². The van der Waals surface area contributed by atoms with Crippen molar-refractivity contribution in [1.29, 1.82) is 5.41 Å². The van der Waals surface area contributed by atoms with Gasteiger partial charge in [0.2, 0.25) is 0 Å². The summed E-state index contributed by atoms with van der Waals surface area (Å²) in [5.74, 6) is -0.240. The van der Waals surface area contributed by atoms with Crippen molar-refractivity contribution in [3.05, 3.63) is 107 Å². The molecule has 0 radical (unpaired) electrons. The zero-order valence-electron chi connectivity index (χ0n) is 18.2. The molecule has 0 atom stereocenters. The van der Waals surface area contributed by atoms with Crippen LogP contribution >= 0.6 is 0 Å². The van der Waals surface area contributed by atoms with Crippen molar-refractivity contribution in [2.75, 3.05) is 19.8 Å². The number of aromatic nitrogens is 1. The number of allylic oxidation sites excluding steroid dienone is 1. The van der Waals surface area contributed by atoms with Crippen LogP contribution in [0.1, 0.15) is 39.0 Å². The van der Waals surface area contributed by atoms with Crippen LogP contribution in [0.4, 0.5) is 0 Å². The van der Waals surface area contributed by atoms with Gasteiger partial charge in [-0.05, 0) is 35.9 Å². The van der Waals surface area contributed by atoms with Crippen molar-refractivity contribution in [1.82, 2.24) is 10.3 Å². The van der Waals surface area contributed by atoms with E-state index < -0.39 is 6.29 Å². The van der Waals surface area contributed by atoms with Crippen LogP contribution in [0.5, 0.6) is 0 Å². The number of pyridine rings is 1. The zero-order valence-corrected chi connectivity index (χ0v) is 18.2. The summed E-state index contributed by atoms with van der Waals surface area (Å²) < 4.78 is 11.1. The van der Waals surface area contributed by atoms with Gasteiger partial charge in [-0.2, -0.15) is 0 Å². The molecule has 1 aliphatic heterocycles. The predicted octanol–water partition coefficient (Wildman–Crippen LogP) is 3.47. The second-order valence-electron chi connectivity index (χ2n) is 7.58. The molecule has 2 heterocycles. The van der Waals surface area contributed by atoms with Gasteiger partial charge in [0.05, 0.1) is 18.9 Å². The summed E-state index contributed by atoms with van der Waals surface area (Å²) in [4.78, 5) is 17.1. The monoisotopic (exact) mass is 442 g/mol. The van der Waals surface area contributed by atoms with Crippen LogP contribution < -0.4 is 11.1 Å². The molecule has 33 heavy (non-hydrogen) atoms. The second kappa shape index (κ2) is 10.7. The standard InChI is InChI=1S/C26H26N4O3/c27-23(18-6-5-7-19(16-18)26-32-14-15-33-26)17-24(28)21-9-1-2-10-22(21)25(31)30-13-11-20-8-3-4-12-29-20/h1-10,12,16-17,26,28H,11,13-15,27H2,(H,30,31)/b23-17-,28-24?. The molecule has 0 unspecified atom stereocenters. The molecule has 0 spiro atoms. The van der Waals surface area contributed by atoms with E-state index in [-0.39, 0.29) is 11.6 Å². The third-order valence-corrected chi connectivity index (χ3v) is 5.27. The van der Waals surface area contributed by atoms with Gasteiger partial charge < -0.3 is 25.9 Å². The number of hydrogen-bond acceptors (Lipinski definition) is 6. The first-order valence-corrected chi connectivity index (χ1v) is 10.8. The van der Waals surface area contributed by atoms with Crippen molar-refractivity contribution in [3.8, 4) is 0 Å². The summed E-state index contributed by atoms with van der Waals surface area (Å²) in [6.45, 7) is 1.57. The number of rotatable bonds is 8. The molecule has 2 aromatic carbocycles. The highest BCUT2D eigenvalue weighted by atomic mass is 16.7. The second-order valence-corrected chi connectivity index (χ2v) is 7.58. The van der Waals surface area contributed by atoms with E-state index in [1.54, 1.807) is 36.5 Å². The minimum absolute atomic E-state index is 0.154. The molecule has 7 nitrogen and oxygen atoms in total. The van der Waals surface area contributed by atoms with E-state index in [1.165, 1.54) is 0 Å². The average molecular weight is 443 g/mol. The van der Waals surface area contributed by atoms with Gasteiger partial charge in [-0.15, -0.1) is 0 Å². The fourth-order valence-corrected chi connectivity index (χ4v) is 3.59. The van der Waals surface area contributed by atoms with Crippen molar-refractivity contribution < 1.29 is 14.3 Å². The van der Waals surface area contributed by atoms with E-state index in [0.29, 0.717) is 43.0 Å². The van der Waals surface area contributed by atoms with E-state index in [2.05, 4.69) is 10.3 Å². The van der Waals surface area contributed by atoms with Crippen molar-refractivity contribution in [2.45, 2.75) is 12.7 Å². The predicted molar refractivity (Wildman–Crippen MR) is 127 cm³/mol. The number of nitrogens with one attached hydrogen (secondary N) is 2. The van der Waals surface area contributed by atoms with Gasteiger partial charge in [-0.3, -0.25) is 9.78 Å². The SMILES string of the molecule is N=C(/C=C(\N)c1cccc(C2OCCO2)c1)c1ccccc1C(=O)NCCc1ccccn1. The van der Waals surface area contributed by atoms with Crippen LogP contribution in [0, 0.1) is 5.41 Å². The molecule has 1 aromatic heterocycles. The maximum atomic E-state index is 12.8. The molecule has 1 saturated heterocycles. The van der Waals surface area contributed by atoms with E-state index >= 15 is 0 Å². The lowest BCUT2D eigenvalue weighted by Gasteiger charge is -2.12. The molecular formula is C26H26N4O3. The molecule has 3 aromatic rings. The van der Waals surface area contributed by atoms with Gasteiger partial charge in [0, 0.05) is 47.2 Å². The fourth-order valence-electron chi connectivity index (χ4n) is 3.59. The van der Waals surface area contributed by atoms with E-state index in [4.69, 9.17) is 20.6 Å². The minimum Gasteiger partial charge on any atom is -0.398 e. The summed E-state index contributed by atoms with van der Waals surface area (Å²) in [5.41, 5.74) is 10.4. The van der Waals surface area contributed by atoms with Crippen LogP contribution in [0.3, 0.4) is 0 Å². The van der Waals surface area contributed by atoms with Crippen molar-refractivity contribution >= 4 is 17.3 Å². The Bertz CT molecular complexity index is 1150. The topological polar surface area (TPSA) is 110 Å². The summed E-state index contributed by atoms with van der Waals surface area (Å²) in [6.07, 6.45) is 3.53. The first-order chi connectivity index (χ1) is 16.1. The number of carbonyl (C=O) groups excluding carboxylic acids is 1. The lowest BCUT2D eigenvalue weighted by molar-refractivity contribution is -0.0441. The number of carbonyl (C=O) groups is 1. The van der Waals surface area contributed by atoms with Crippen LogP contribution in [0.15, 0.2) is 79.0 Å². The van der Waals surface area contributed by atoms with Gasteiger partial charge in [0.15, 0.2) is 6.29 Å². The van der Waals surface area contributed by atoms with E-state index in [9.17, 15) is 4.79 Å². The summed E-state index contributed by atoms with van der Waals surface area (Å²) in [5, 5.41) is 11.5. The van der Waals surface area contributed by atoms with Crippen LogP contribution in [0.2, 0.25) is 0 Å². The maximum absolute atomic E-state index is 12.8. The van der Waals surface area contributed by atoms with E-state index in [1.807, 2.05) is 42.5 Å². The molecule has 0 aliphatic carbocycles. The Kier molecular flexibility index (Phi) is 7.24. The fraction of sp³-hybridized carbons (Fsp3) is 0.192. The first-order valence-electron chi connectivity index (χ1n) is 10.8. The van der Waals surface area contributed by atoms with Crippen molar-refractivity contribution in [3.63, 3.8) is 0 Å². The summed E-state index contributed by atoms with van der Waals surface area (Å²) >= 11 is 0. The molecule has 1 amide bonds. The summed E-state index contributed by atoms with van der Waals surface area (Å²) in [7, 11) is 0. The highest BCUT2D eigenvalue weighted by Crippen LogP contribution is 2.25. The lowest BCUT2D eigenvalue weighted by atomic mass is 10.00. The zero-order chi connectivity index (χ0) is 23.0. The Balaban J connectivity index is 1.46. The average Bonchev–Trinajstić information content (AvgIpc) is 3.40. The Labute approximate surface area is 192 Å². The molecule has 1 fully saturated rings. The molecular weight excluding hydrogens is 416 g/mol. The number of hydrogen-bond donors (Lipinski definition) is 3. The Morgan fingerprint density at radius 1 is 1.06 bits per heavy atom. The Morgan fingerprint density at radius 2 is 1.82 bits per heavy atom. The maximum Gasteiger partial charge on any atom is 0.251 e. The number of nitrogens with two attached hydrogens (primary N) is 1. The van der Waals surface area contributed by atoms with Crippen LogP contribution in [0.25, 0.3) is 5.70 Å². The number of amides is 1. The van der Waals surface area contributed by atoms with Gasteiger partial charge in [-0.25, -0.2) is 0 Å². The van der Waals surface area contributed by atoms with Crippen LogP contribution in [-0.4, -0.2) is 36.4 Å². The number of benzene rings is 2. The number of ether oxygens (including phenoxy) is 2. The Morgan fingerprint density at radius 3 is 2.58 bits per heavy atom. The quantitative estimate of drug-likeness (QED) is 0.463. The molecule has 0 saturated carbocycles. The molecule has 1 aliphatic rings. The Hall–Kier alpha value is -3.81. The molecule has 168 valence electrons. The normalized spacial score (nSPS) is 14.2. The van der Waals surface area contributed by atoms with Gasteiger partial charge in [0.1, 0.15) is 0 Å². The molecule has 4 N–H and O–H groups in total. The molecule has 0 bridgehead atoms. The minimum atomic E-state index is -0.396. The van der Waals surface area contributed by atoms with Crippen molar-refractivity contribution in [2.24, 2.45) is 5.73 Å². The highest BCUT2D eigenvalue weighted by Gasteiger charge is 2.19. The van der Waals surface area contributed by atoms with Gasteiger partial charge in [0.25, 0.3) is 5.91 Å². The highest BCUT2D eigenvalue weighted by molar-refractivity contribution is 6.15. The number of nitrogens with zero attached hydrogens (tertiary/aromatic N) is 1. The third-order valence-electron chi connectivity index (χ3n) is 5.27. The summed E-state index contributed by atoms with van der Waals surface area (Å²) in [6, 6.07) is 20.3. The van der Waals surface area contributed by atoms with Gasteiger partial charge >= 0.3 is 0 Å². The molecule has 4 rings (SSSR count). The third kappa shape index (κ3) is 5.71. The van der Waals surface area contributed by atoms with Gasteiger partial charge in [-0.1, -0.05) is 42.5 Å². The molecule has 7 heteroatoms. The van der Waals surface area contributed by atoms with Crippen LogP contribution in [-0.2, 0) is 15.9 Å². The first kappa shape index (κ1) is 22.4. The largest absolute Gasteiger partial charge is 0.398 e. The smallest absolute Gasteiger partial charge is 0.251 e.